The number of phenolic OH excluding ortho intramolecular Hbond substituents is 1. The van der Waals surface area contributed by atoms with Crippen molar-refractivity contribution in [2.75, 3.05) is 27.4 Å². The minimum atomic E-state index is -1.45. The topological polar surface area (TPSA) is 157 Å². The second-order valence-electron chi connectivity index (χ2n) is 8.64. The molecule has 0 amide bonds. The third-order valence-corrected chi connectivity index (χ3v) is 6.24. The van der Waals surface area contributed by atoms with Gasteiger partial charge in [0.1, 0.15) is 18.3 Å². The summed E-state index contributed by atoms with van der Waals surface area (Å²) >= 11 is 0. The Labute approximate surface area is 208 Å². The Bertz CT molecular complexity index is 1010. The van der Waals surface area contributed by atoms with Crippen LogP contribution in [0.5, 0.6) is 23.0 Å². The lowest BCUT2D eigenvalue weighted by molar-refractivity contribution is -0.345. The summed E-state index contributed by atoms with van der Waals surface area (Å²) < 4.78 is 33.3. The molecule has 7 unspecified atom stereocenters. The highest BCUT2D eigenvalue weighted by Crippen LogP contribution is 2.41. The van der Waals surface area contributed by atoms with Crippen molar-refractivity contribution >= 4 is 0 Å². The van der Waals surface area contributed by atoms with Gasteiger partial charge < -0.3 is 54.0 Å². The lowest BCUT2D eigenvalue weighted by Gasteiger charge is -2.39. The van der Waals surface area contributed by atoms with Crippen molar-refractivity contribution in [3.63, 3.8) is 0 Å². The molecule has 2 aromatic carbocycles. The quantitative estimate of drug-likeness (QED) is 0.303. The molecule has 2 aliphatic rings. The zero-order chi connectivity index (χ0) is 25.8. The van der Waals surface area contributed by atoms with E-state index in [1.165, 1.54) is 20.3 Å². The van der Waals surface area contributed by atoms with E-state index < -0.39 is 43.1 Å². The smallest absolute Gasteiger partial charge is 0.189 e. The van der Waals surface area contributed by atoms with Gasteiger partial charge >= 0.3 is 0 Å². The van der Waals surface area contributed by atoms with Crippen molar-refractivity contribution in [3.05, 3.63) is 47.5 Å². The van der Waals surface area contributed by atoms with Crippen molar-refractivity contribution in [3.8, 4) is 23.0 Å². The molecule has 0 aliphatic carbocycles. The van der Waals surface area contributed by atoms with Gasteiger partial charge in [0, 0.05) is 12.7 Å². The van der Waals surface area contributed by atoms with E-state index in [9.17, 15) is 25.5 Å². The first-order valence-corrected chi connectivity index (χ1v) is 11.6. The maximum atomic E-state index is 10.1. The van der Waals surface area contributed by atoms with E-state index in [0.29, 0.717) is 35.7 Å². The van der Waals surface area contributed by atoms with E-state index >= 15 is 0 Å². The summed E-state index contributed by atoms with van der Waals surface area (Å²) in [6, 6.07) is 10.3. The van der Waals surface area contributed by atoms with Gasteiger partial charge in [0.05, 0.1) is 20.3 Å². The van der Waals surface area contributed by atoms with E-state index in [1.54, 1.807) is 18.2 Å². The molecule has 1 saturated heterocycles. The largest absolute Gasteiger partial charge is 0.504 e. The predicted molar refractivity (Wildman–Crippen MR) is 124 cm³/mol. The number of rotatable bonds is 9. The van der Waals surface area contributed by atoms with Crippen LogP contribution in [0.25, 0.3) is 0 Å². The van der Waals surface area contributed by atoms with Gasteiger partial charge in [-0.05, 0) is 42.7 Å². The van der Waals surface area contributed by atoms with Crippen molar-refractivity contribution in [1.29, 1.82) is 0 Å². The molecular weight excluding hydrogens is 476 g/mol. The third-order valence-electron chi connectivity index (χ3n) is 6.24. The highest BCUT2D eigenvalue weighted by molar-refractivity contribution is 5.47. The average Bonchev–Trinajstić information content (AvgIpc) is 2.90. The Morgan fingerprint density at radius 3 is 2.39 bits per heavy atom. The molecule has 0 radical (unpaired) electrons. The summed E-state index contributed by atoms with van der Waals surface area (Å²) in [5, 5.41) is 49.6. The number of ether oxygens (including phenoxy) is 6. The molecule has 7 atom stereocenters. The van der Waals surface area contributed by atoms with Crippen molar-refractivity contribution < 1.29 is 54.0 Å². The molecule has 198 valence electrons. The van der Waals surface area contributed by atoms with E-state index in [0.717, 1.165) is 5.56 Å². The molecule has 11 nitrogen and oxygen atoms in total. The number of aromatic hydroxyl groups is 1. The molecular formula is C25H32O11. The fourth-order valence-electron chi connectivity index (χ4n) is 4.25. The Hall–Kier alpha value is -2.64. The van der Waals surface area contributed by atoms with E-state index in [2.05, 4.69) is 0 Å². The SMILES string of the molecule is COc1cc(C2Oc3cc(CCCOC4OC(OC)C(O)C(O)C4O)ccc3OC2CO)ccc1O. The number of phenols is 1. The van der Waals surface area contributed by atoms with Gasteiger partial charge in [-0.15, -0.1) is 0 Å². The predicted octanol–water partition coefficient (Wildman–Crippen LogP) is 0.635. The van der Waals surface area contributed by atoms with Crippen LogP contribution in [0.4, 0.5) is 0 Å². The number of methoxy groups -OCH3 is 2. The van der Waals surface area contributed by atoms with Crippen molar-refractivity contribution in [2.45, 2.75) is 55.9 Å². The summed E-state index contributed by atoms with van der Waals surface area (Å²) in [4.78, 5) is 0. The van der Waals surface area contributed by atoms with Gasteiger partial charge in [0.25, 0.3) is 0 Å². The van der Waals surface area contributed by atoms with Crippen LogP contribution in [0.15, 0.2) is 36.4 Å². The minimum absolute atomic E-state index is 0.00185. The lowest BCUT2D eigenvalue weighted by atomic mass is 10.0. The number of aliphatic hydroxyl groups excluding tert-OH is 4. The Balaban J connectivity index is 1.37. The van der Waals surface area contributed by atoms with Gasteiger partial charge in [0.15, 0.2) is 47.8 Å². The molecule has 0 spiro atoms. The summed E-state index contributed by atoms with van der Waals surface area (Å²) in [5.41, 5.74) is 1.63. The molecule has 2 aliphatic heterocycles. The summed E-state index contributed by atoms with van der Waals surface area (Å²) in [6.07, 6.45) is -6.54. The third kappa shape index (κ3) is 5.52. The Morgan fingerprint density at radius 1 is 0.889 bits per heavy atom. The van der Waals surface area contributed by atoms with Crippen LogP contribution in [-0.4, -0.2) is 90.0 Å². The van der Waals surface area contributed by atoms with E-state index in [4.69, 9.17) is 28.4 Å². The normalized spacial score (nSPS) is 29.7. The first-order valence-electron chi connectivity index (χ1n) is 11.6. The minimum Gasteiger partial charge on any atom is -0.504 e. The van der Waals surface area contributed by atoms with Gasteiger partial charge in [-0.3, -0.25) is 0 Å². The van der Waals surface area contributed by atoms with Crippen LogP contribution in [0.2, 0.25) is 0 Å². The van der Waals surface area contributed by atoms with Gasteiger partial charge in [-0.25, -0.2) is 0 Å². The van der Waals surface area contributed by atoms with Crippen LogP contribution in [0.1, 0.15) is 23.7 Å². The fraction of sp³-hybridized carbons (Fsp3) is 0.520. The van der Waals surface area contributed by atoms with Crippen LogP contribution in [-0.2, 0) is 20.6 Å². The standard InChI is InChI=1S/C25H32O11/c1-31-17-11-14(6-7-15(17)27)23-19(12-26)34-16-8-5-13(10-18(16)35-23)4-3-9-33-25-22(30)20(28)21(29)24(32-2)36-25/h5-8,10-11,19-30H,3-4,9,12H2,1-2H3. The van der Waals surface area contributed by atoms with Crippen LogP contribution in [0.3, 0.4) is 0 Å². The summed E-state index contributed by atoms with van der Waals surface area (Å²) in [7, 11) is 2.77. The Morgan fingerprint density at radius 2 is 1.67 bits per heavy atom. The van der Waals surface area contributed by atoms with E-state index in [1.807, 2.05) is 12.1 Å². The zero-order valence-electron chi connectivity index (χ0n) is 20.0. The zero-order valence-corrected chi connectivity index (χ0v) is 20.0. The number of aliphatic hydroxyl groups is 4. The summed E-state index contributed by atoms with van der Waals surface area (Å²) in [5.74, 6) is 1.31. The number of fused-ring (bicyclic) bond motifs is 1. The van der Waals surface area contributed by atoms with Gasteiger partial charge in [-0.1, -0.05) is 12.1 Å². The number of hydrogen-bond acceptors (Lipinski definition) is 11. The number of aryl methyl sites for hydroxylation is 1. The van der Waals surface area contributed by atoms with Crippen LogP contribution in [0, 0.1) is 0 Å². The molecule has 0 saturated carbocycles. The van der Waals surface area contributed by atoms with Crippen LogP contribution >= 0.6 is 0 Å². The molecule has 1 fully saturated rings. The second-order valence-corrected chi connectivity index (χ2v) is 8.64. The monoisotopic (exact) mass is 508 g/mol. The molecule has 4 rings (SSSR count). The van der Waals surface area contributed by atoms with Crippen molar-refractivity contribution in [1.82, 2.24) is 0 Å². The summed E-state index contributed by atoms with van der Waals surface area (Å²) in [6.45, 7) is -0.0466. The molecule has 2 heterocycles. The highest BCUT2D eigenvalue weighted by Gasteiger charge is 2.44. The first kappa shape index (κ1) is 26.4. The molecule has 5 N–H and O–H groups in total. The fourth-order valence-corrected chi connectivity index (χ4v) is 4.25. The van der Waals surface area contributed by atoms with Crippen LogP contribution < -0.4 is 14.2 Å². The van der Waals surface area contributed by atoms with Crippen molar-refractivity contribution in [2.24, 2.45) is 0 Å². The average molecular weight is 509 g/mol. The first-order chi connectivity index (χ1) is 17.4. The maximum Gasteiger partial charge on any atom is 0.189 e. The molecule has 0 bridgehead atoms. The highest BCUT2D eigenvalue weighted by atomic mass is 16.8. The molecule has 2 aromatic rings. The Kier molecular flexibility index (Phi) is 8.52. The lowest BCUT2D eigenvalue weighted by Crippen LogP contribution is -2.58. The number of hydrogen-bond donors (Lipinski definition) is 5. The van der Waals surface area contributed by atoms with E-state index in [-0.39, 0.29) is 19.0 Å². The second kappa shape index (κ2) is 11.6. The van der Waals surface area contributed by atoms with Gasteiger partial charge in [0.2, 0.25) is 0 Å². The maximum absolute atomic E-state index is 10.1. The van der Waals surface area contributed by atoms with Gasteiger partial charge in [-0.2, -0.15) is 0 Å². The number of benzene rings is 2. The molecule has 0 aromatic heterocycles. The molecule has 11 heteroatoms. The molecule has 36 heavy (non-hydrogen) atoms.